The average Bonchev–Trinajstić information content (AvgIpc) is 2.49. The number of halogens is 1. The smallest absolute Gasteiger partial charge is 0.123 e. The normalized spacial score (nSPS) is 12.2. The second-order valence-electron chi connectivity index (χ2n) is 5.22. The maximum absolute atomic E-state index is 13.4. The number of methoxy groups -OCH3 is 1. The van der Waals surface area contributed by atoms with Crippen LogP contribution in [0.1, 0.15) is 28.3 Å². The molecule has 0 aliphatic carbocycles. The molecule has 21 heavy (non-hydrogen) atoms. The lowest BCUT2D eigenvalue weighted by atomic mass is 9.95. The van der Waals surface area contributed by atoms with E-state index in [2.05, 4.69) is 5.43 Å². The minimum atomic E-state index is -0.229. The van der Waals surface area contributed by atoms with Crippen molar-refractivity contribution >= 4 is 0 Å². The molecule has 0 aromatic heterocycles. The van der Waals surface area contributed by atoms with Crippen molar-refractivity contribution in [1.29, 1.82) is 0 Å². The van der Waals surface area contributed by atoms with Crippen LogP contribution < -0.4 is 16.0 Å². The van der Waals surface area contributed by atoms with Crippen LogP contribution >= 0.6 is 0 Å². The zero-order valence-corrected chi connectivity index (χ0v) is 12.6. The summed E-state index contributed by atoms with van der Waals surface area (Å²) in [6.45, 7) is 3.96. The van der Waals surface area contributed by atoms with E-state index in [1.54, 1.807) is 19.2 Å². The molecule has 1 atom stereocenters. The predicted molar refractivity (Wildman–Crippen MR) is 82.6 cm³/mol. The van der Waals surface area contributed by atoms with E-state index in [9.17, 15) is 4.39 Å². The zero-order valence-electron chi connectivity index (χ0n) is 12.6. The van der Waals surface area contributed by atoms with Gasteiger partial charge in [-0.2, -0.15) is 0 Å². The fourth-order valence-electron chi connectivity index (χ4n) is 2.41. The van der Waals surface area contributed by atoms with Gasteiger partial charge in [0.2, 0.25) is 0 Å². The first kappa shape index (κ1) is 15.5. The van der Waals surface area contributed by atoms with Crippen molar-refractivity contribution in [3.8, 4) is 5.75 Å². The quantitative estimate of drug-likeness (QED) is 0.656. The number of hydrogen-bond acceptors (Lipinski definition) is 3. The van der Waals surface area contributed by atoms with Crippen LogP contribution in [0.3, 0.4) is 0 Å². The fourth-order valence-corrected chi connectivity index (χ4v) is 2.41. The van der Waals surface area contributed by atoms with Gasteiger partial charge in [0, 0.05) is 0 Å². The monoisotopic (exact) mass is 288 g/mol. The number of hydrazine groups is 1. The Labute approximate surface area is 124 Å². The first-order chi connectivity index (χ1) is 10.0. The number of benzene rings is 2. The first-order valence-electron chi connectivity index (χ1n) is 6.91. The molecule has 4 heteroatoms. The van der Waals surface area contributed by atoms with E-state index in [0.29, 0.717) is 6.42 Å². The summed E-state index contributed by atoms with van der Waals surface area (Å²) in [6.07, 6.45) is 0.617. The van der Waals surface area contributed by atoms with Crippen LogP contribution in [0.25, 0.3) is 0 Å². The SMILES string of the molecule is COc1cc(C(Cc2cc(F)ccc2C)NN)ccc1C. The maximum atomic E-state index is 13.4. The molecule has 2 aromatic carbocycles. The van der Waals surface area contributed by atoms with Crippen molar-refractivity contribution in [3.05, 3.63) is 64.5 Å². The lowest BCUT2D eigenvalue weighted by Gasteiger charge is -2.19. The number of aryl methyl sites for hydroxylation is 2. The minimum Gasteiger partial charge on any atom is -0.496 e. The number of nitrogens with one attached hydrogen (secondary N) is 1. The van der Waals surface area contributed by atoms with E-state index in [4.69, 9.17) is 10.6 Å². The van der Waals surface area contributed by atoms with Crippen LogP contribution in [0.5, 0.6) is 5.75 Å². The summed E-state index contributed by atoms with van der Waals surface area (Å²) in [7, 11) is 1.65. The van der Waals surface area contributed by atoms with Gasteiger partial charge in [0.15, 0.2) is 0 Å². The molecular weight excluding hydrogens is 267 g/mol. The van der Waals surface area contributed by atoms with Crippen molar-refractivity contribution in [2.75, 3.05) is 7.11 Å². The largest absolute Gasteiger partial charge is 0.496 e. The van der Waals surface area contributed by atoms with E-state index in [-0.39, 0.29) is 11.9 Å². The summed E-state index contributed by atoms with van der Waals surface area (Å²) in [5.41, 5.74) is 6.89. The molecule has 112 valence electrons. The van der Waals surface area contributed by atoms with Crippen LogP contribution in [-0.2, 0) is 6.42 Å². The number of hydrogen-bond donors (Lipinski definition) is 2. The topological polar surface area (TPSA) is 47.3 Å². The highest BCUT2D eigenvalue weighted by atomic mass is 19.1. The highest BCUT2D eigenvalue weighted by molar-refractivity contribution is 5.39. The average molecular weight is 288 g/mol. The molecule has 0 amide bonds. The molecule has 0 radical (unpaired) electrons. The van der Waals surface area contributed by atoms with Crippen molar-refractivity contribution < 1.29 is 9.13 Å². The third-order valence-corrected chi connectivity index (χ3v) is 3.77. The number of rotatable bonds is 5. The van der Waals surface area contributed by atoms with Gasteiger partial charge >= 0.3 is 0 Å². The summed E-state index contributed by atoms with van der Waals surface area (Å²) < 4.78 is 18.7. The van der Waals surface area contributed by atoms with Gasteiger partial charge in [-0.1, -0.05) is 18.2 Å². The summed E-state index contributed by atoms with van der Waals surface area (Å²) in [4.78, 5) is 0. The Morgan fingerprint density at radius 3 is 2.52 bits per heavy atom. The molecule has 2 rings (SSSR count). The highest BCUT2D eigenvalue weighted by Gasteiger charge is 2.14. The zero-order chi connectivity index (χ0) is 15.4. The van der Waals surface area contributed by atoms with Crippen molar-refractivity contribution in [2.24, 2.45) is 5.84 Å². The lowest BCUT2D eigenvalue weighted by Crippen LogP contribution is -2.29. The van der Waals surface area contributed by atoms with Crippen LogP contribution in [0.4, 0.5) is 4.39 Å². The third-order valence-electron chi connectivity index (χ3n) is 3.77. The van der Waals surface area contributed by atoms with E-state index in [1.807, 2.05) is 32.0 Å². The van der Waals surface area contributed by atoms with Crippen LogP contribution in [0, 0.1) is 19.7 Å². The lowest BCUT2D eigenvalue weighted by molar-refractivity contribution is 0.410. The Bertz CT molecular complexity index is 628. The molecule has 0 fully saturated rings. The summed E-state index contributed by atoms with van der Waals surface area (Å²) in [6, 6.07) is 10.7. The molecule has 1 unspecified atom stereocenters. The molecule has 3 N–H and O–H groups in total. The molecule has 0 bridgehead atoms. The number of nitrogens with two attached hydrogens (primary N) is 1. The Balaban J connectivity index is 2.29. The third kappa shape index (κ3) is 3.60. The summed E-state index contributed by atoms with van der Waals surface area (Å²) in [5.74, 6) is 6.28. The molecule has 0 aliphatic heterocycles. The van der Waals surface area contributed by atoms with Gasteiger partial charge in [0.1, 0.15) is 11.6 Å². The van der Waals surface area contributed by atoms with Gasteiger partial charge in [0.05, 0.1) is 13.2 Å². The van der Waals surface area contributed by atoms with Gasteiger partial charge in [0.25, 0.3) is 0 Å². The molecule has 0 aliphatic rings. The van der Waals surface area contributed by atoms with Crippen LogP contribution in [-0.4, -0.2) is 7.11 Å². The fraction of sp³-hybridized carbons (Fsp3) is 0.294. The molecule has 0 saturated carbocycles. The van der Waals surface area contributed by atoms with Gasteiger partial charge < -0.3 is 4.74 Å². The van der Waals surface area contributed by atoms with E-state index in [1.165, 1.54) is 6.07 Å². The van der Waals surface area contributed by atoms with Crippen LogP contribution in [0.15, 0.2) is 36.4 Å². The van der Waals surface area contributed by atoms with Crippen molar-refractivity contribution in [3.63, 3.8) is 0 Å². The minimum absolute atomic E-state index is 0.0972. The van der Waals surface area contributed by atoms with Crippen molar-refractivity contribution in [1.82, 2.24) is 5.43 Å². The Morgan fingerprint density at radius 1 is 1.14 bits per heavy atom. The Morgan fingerprint density at radius 2 is 1.86 bits per heavy atom. The second-order valence-corrected chi connectivity index (χ2v) is 5.22. The van der Waals surface area contributed by atoms with Gasteiger partial charge in [-0.3, -0.25) is 11.3 Å². The van der Waals surface area contributed by atoms with Gasteiger partial charge in [-0.05, 0) is 60.7 Å². The molecule has 0 saturated heterocycles. The van der Waals surface area contributed by atoms with Gasteiger partial charge in [-0.25, -0.2) is 4.39 Å². The van der Waals surface area contributed by atoms with Gasteiger partial charge in [-0.15, -0.1) is 0 Å². The molecule has 3 nitrogen and oxygen atoms in total. The Kier molecular flexibility index (Phi) is 4.94. The van der Waals surface area contributed by atoms with E-state index in [0.717, 1.165) is 28.0 Å². The Hall–Kier alpha value is -1.91. The van der Waals surface area contributed by atoms with Crippen molar-refractivity contribution in [2.45, 2.75) is 26.3 Å². The van der Waals surface area contributed by atoms with E-state index < -0.39 is 0 Å². The highest BCUT2D eigenvalue weighted by Crippen LogP contribution is 2.26. The second kappa shape index (κ2) is 6.70. The molecule has 0 heterocycles. The number of ether oxygens (including phenoxy) is 1. The van der Waals surface area contributed by atoms with Crippen LogP contribution in [0.2, 0.25) is 0 Å². The first-order valence-corrected chi connectivity index (χ1v) is 6.91. The molecule has 0 spiro atoms. The maximum Gasteiger partial charge on any atom is 0.123 e. The molecule has 2 aromatic rings. The van der Waals surface area contributed by atoms with E-state index >= 15 is 0 Å². The predicted octanol–water partition coefficient (Wildman–Crippen LogP) is 3.20. The molecular formula is C17H21FN2O. The summed E-state index contributed by atoms with van der Waals surface area (Å²) >= 11 is 0. The standard InChI is InChI=1S/C17H21FN2O/c1-11-5-7-15(18)8-14(11)9-16(20-19)13-6-4-12(2)17(10-13)21-3/h4-8,10,16,20H,9,19H2,1-3H3. The summed E-state index contributed by atoms with van der Waals surface area (Å²) in [5, 5.41) is 0.